The SMILES string of the molecule is C[C@H]1[C@H]([Si](C)(C)O)[C@@H](CCn2cc(C(CO)c3ccccc3)nn2)O[C@]12C(=O)N(Cc1ccc(I)cc1)c1ccc(I)cc12. The largest absolute Gasteiger partial charge is 0.432 e. The fraction of sp³-hybridized carbons (Fsp3) is 0.364. The standard InChI is InChI=1S/C33H36I2N4O4Si/c1-21-31(44(2,3)42)30(15-16-38-19-28(36-37-38)26(20-40)23-7-5-4-6-8-23)43-33(21)27-17-25(35)13-14-29(27)39(32(33)41)18-22-9-11-24(34)12-10-22/h4-14,17,19,21,26,30-31,40,42H,15-16,18,20H2,1-3H3/t21-,26?,30+,31-,33+/m0/s1. The average Bonchev–Trinajstić information content (AvgIpc) is 3.64. The van der Waals surface area contributed by atoms with Gasteiger partial charge in [-0.15, -0.1) is 5.10 Å². The van der Waals surface area contributed by atoms with Gasteiger partial charge in [0, 0.05) is 36.9 Å². The second-order valence-corrected chi connectivity index (χ2v) is 18.8. The van der Waals surface area contributed by atoms with E-state index >= 15 is 0 Å². The molecule has 1 unspecified atom stereocenters. The van der Waals surface area contributed by atoms with Crippen LogP contribution in [0.5, 0.6) is 0 Å². The lowest BCUT2D eigenvalue weighted by molar-refractivity contribution is -0.146. The highest BCUT2D eigenvalue weighted by atomic mass is 127. The number of aliphatic hydroxyl groups is 1. The second-order valence-electron chi connectivity index (χ2n) is 12.4. The number of aliphatic hydroxyl groups excluding tert-OH is 1. The minimum absolute atomic E-state index is 0.0667. The fourth-order valence-corrected chi connectivity index (χ4v) is 10.6. The van der Waals surface area contributed by atoms with Crippen molar-refractivity contribution < 1.29 is 19.4 Å². The normalized spacial score (nSPS) is 23.8. The van der Waals surface area contributed by atoms with Crippen molar-refractivity contribution in [3.05, 3.63) is 109 Å². The van der Waals surface area contributed by atoms with E-state index in [1.54, 1.807) is 4.68 Å². The summed E-state index contributed by atoms with van der Waals surface area (Å²) in [6.45, 7) is 6.85. The van der Waals surface area contributed by atoms with Gasteiger partial charge in [-0.2, -0.15) is 0 Å². The van der Waals surface area contributed by atoms with Gasteiger partial charge in [-0.05, 0) is 106 Å². The van der Waals surface area contributed by atoms with E-state index in [1.807, 2.05) is 66.7 Å². The van der Waals surface area contributed by atoms with Gasteiger partial charge < -0.3 is 19.5 Å². The number of halogens is 2. The highest BCUT2D eigenvalue weighted by Gasteiger charge is 2.66. The Morgan fingerprint density at radius 2 is 1.75 bits per heavy atom. The van der Waals surface area contributed by atoms with Crippen LogP contribution < -0.4 is 4.90 Å². The predicted octanol–water partition coefficient (Wildman–Crippen LogP) is 6.05. The van der Waals surface area contributed by atoms with Crippen molar-refractivity contribution in [2.45, 2.75) is 62.7 Å². The Morgan fingerprint density at radius 1 is 1.05 bits per heavy atom. The maximum absolute atomic E-state index is 14.6. The minimum Gasteiger partial charge on any atom is -0.432 e. The number of aryl methyl sites for hydroxylation is 1. The Balaban J connectivity index is 1.30. The summed E-state index contributed by atoms with van der Waals surface area (Å²) in [6, 6.07) is 24.2. The molecule has 1 spiro atoms. The molecule has 3 aromatic carbocycles. The number of nitrogens with zero attached hydrogens (tertiary/aromatic N) is 4. The maximum atomic E-state index is 14.6. The Labute approximate surface area is 286 Å². The molecule has 44 heavy (non-hydrogen) atoms. The van der Waals surface area contributed by atoms with Gasteiger partial charge in [-0.3, -0.25) is 9.48 Å². The molecule has 2 aliphatic heterocycles. The van der Waals surface area contributed by atoms with Crippen LogP contribution in [0.3, 0.4) is 0 Å². The number of carbonyl (C=O) groups excluding carboxylic acids is 1. The van der Waals surface area contributed by atoms with Crippen LogP contribution in [-0.2, 0) is 28.2 Å². The Hall–Kier alpha value is -2.17. The first kappa shape index (κ1) is 31.8. The third kappa shape index (κ3) is 5.79. The average molecular weight is 835 g/mol. The van der Waals surface area contributed by atoms with Crippen LogP contribution in [0, 0.1) is 13.1 Å². The van der Waals surface area contributed by atoms with Crippen molar-refractivity contribution in [3.63, 3.8) is 0 Å². The van der Waals surface area contributed by atoms with Crippen LogP contribution in [0.15, 0.2) is 79.0 Å². The number of carbonyl (C=O) groups is 1. The van der Waals surface area contributed by atoms with E-state index in [2.05, 4.69) is 92.7 Å². The van der Waals surface area contributed by atoms with Gasteiger partial charge >= 0.3 is 0 Å². The molecule has 0 saturated carbocycles. The van der Waals surface area contributed by atoms with Crippen LogP contribution in [-0.4, -0.2) is 51.8 Å². The van der Waals surface area contributed by atoms with Gasteiger partial charge in [0.15, 0.2) is 13.9 Å². The quantitative estimate of drug-likeness (QED) is 0.158. The Morgan fingerprint density at radius 3 is 2.43 bits per heavy atom. The topological polar surface area (TPSA) is 101 Å². The molecule has 0 radical (unpaired) electrons. The Kier molecular flexibility index (Phi) is 9.07. The molecule has 230 valence electrons. The third-order valence-electron chi connectivity index (χ3n) is 9.14. The first-order valence-electron chi connectivity index (χ1n) is 14.9. The molecule has 0 bridgehead atoms. The Bertz CT molecular complexity index is 1650. The molecule has 2 N–H and O–H groups in total. The first-order valence-corrected chi connectivity index (χ1v) is 20.0. The molecular weight excluding hydrogens is 798 g/mol. The van der Waals surface area contributed by atoms with Gasteiger partial charge in [0.1, 0.15) is 0 Å². The number of benzene rings is 3. The molecule has 2 aliphatic rings. The van der Waals surface area contributed by atoms with Gasteiger partial charge in [0.25, 0.3) is 5.91 Å². The van der Waals surface area contributed by atoms with Crippen LogP contribution in [0.25, 0.3) is 0 Å². The molecule has 1 amide bonds. The van der Waals surface area contributed by atoms with Crippen molar-refractivity contribution in [2.75, 3.05) is 11.5 Å². The van der Waals surface area contributed by atoms with E-state index in [9.17, 15) is 14.7 Å². The summed E-state index contributed by atoms with van der Waals surface area (Å²) in [5.41, 5.74) is 3.13. The maximum Gasteiger partial charge on any atom is 0.264 e. The highest BCUT2D eigenvalue weighted by molar-refractivity contribution is 14.1. The summed E-state index contributed by atoms with van der Waals surface area (Å²) in [4.78, 5) is 28.1. The van der Waals surface area contributed by atoms with Crippen molar-refractivity contribution in [1.82, 2.24) is 15.0 Å². The van der Waals surface area contributed by atoms with E-state index in [0.29, 0.717) is 25.2 Å². The first-order chi connectivity index (χ1) is 21.0. The van der Waals surface area contributed by atoms with Gasteiger partial charge in [0.2, 0.25) is 0 Å². The van der Waals surface area contributed by atoms with E-state index in [0.717, 1.165) is 29.5 Å². The van der Waals surface area contributed by atoms with Crippen molar-refractivity contribution in [3.8, 4) is 0 Å². The zero-order chi connectivity index (χ0) is 31.2. The minimum atomic E-state index is -2.79. The molecule has 1 saturated heterocycles. The molecule has 8 nitrogen and oxygen atoms in total. The van der Waals surface area contributed by atoms with E-state index in [-0.39, 0.29) is 36.0 Å². The highest BCUT2D eigenvalue weighted by Crippen LogP contribution is 2.60. The third-order valence-corrected chi connectivity index (χ3v) is 13.0. The van der Waals surface area contributed by atoms with Gasteiger partial charge in [-0.1, -0.05) is 54.6 Å². The lowest BCUT2D eigenvalue weighted by Crippen LogP contribution is -2.46. The summed E-state index contributed by atoms with van der Waals surface area (Å²) in [6.07, 6.45) is 2.09. The van der Waals surface area contributed by atoms with Gasteiger partial charge in [0.05, 0.1) is 36.6 Å². The zero-order valence-electron chi connectivity index (χ0n) is 24.9. The number of ether oxygens (including phenoxy) is 1. The van der Waals surface area contributed by atoms with Crippen molar-refractivity contribution in [1.29, 1.82) is 0 Å². The molecule has 5 atom stereocenters. The van der Waals surface area contributed by atoms with Crippen molar-refractivity contribution in [2.24, 2.45) is 5.92 Å². The van der Waals surface area contributed by atoms with Crippen LogP contribution in [0.4, 0.5) is 5.69 Å². The zero-order valence-corrected chi connectivity index (χ0v) is 30.2. The van der Waals surface area contributed by atoms with Crippen molar-refractivity contribution >= 4 is 65.1 Å². The number of hydrogen-bond donors (Lipinski definition) is 2. The number of anilines is 1. The van der Waals surface area contributed by atoms with E-state index in [1.165, 1.54) is 0 Å². The molecule has 11 heteroatoms. The summed E-state index contributed by atoms with van der Waals surface area (Å²) in [7, 11) is -2.79. The second kappa shape index (κ2) is 12.6. The smallest absolute Gasteiger partial charge is 0.264 e. The van der Waals surface area contributed by atoms with E-state index < -0.39 is 13.9 Å². The number of hydrogen-bond acceptors (Lipinski definition) is 6. The summed E-state index contributed by atoms with van der Waals surface area (Å²) >= 11 is 4.58. The lowest BCUT2D eigenvalue weighted by atomic mass is 9.82. The summed E-state index contributed by atoms with van der Waals surface area (Å²) in [5, 5.41) is 18.9. The number of fused-ring (bicyclic) bond motifs is 2. The van der Waals surface area contributed by atoms with Crippen LogP contribution >= 0.6 is 45.2 Å². The van der Waals surface area contributed by atoms with Crippen LogP contribution in [0.1, 0.15) is 41.6 Å². The number of aromatic nitrogens is 3. The van der Waals surface area contributed by atoms with E-state index in [4.69, 9.17) is 4.74 Å². The molecule has 0 aliphatic carbocycles. The van der Waals surface area contributed by atoms with Crippen LogP contribution in [0.2, 0.25) is 18.6 Å². The molecule has 4 aromatic rings. The number of rotatable bonds is 9. The molecule has 6 rings (SSSR count). The number of amides is 1. The lowest BCUT2D eigenvalue weighted by Gasteiger charge is -2.32. The summed E-state index contributed by atoms with van der Waals surface area (Å²) in [5.74, 6) is -0.557. The fourth-order valence-electron chi connectivity index (χ4n) is 7.15. The van der Waals surface area contributed by atoms with Gasteiger partial charge in [-0.25, -0.2) is 0 Å². The molecular formula is C33H36I2N4O4Si. The molecule has 1 aromatic heterocycles. The molecule has 1 fully saturated rings. The summed E-state index contributed by atoms with van der Waals surface area (Å²) < 4.78 is 10.9. The molecule has 3 heterocycles. The predicted molar refractivity (Wildman–Crippen MR) is 189 cm³/mol. The monoisotopic (exact) mass is 834 g/mol.